The molecule has 1 N–H and O–H groups in total. The number of halogens is 3. The maximum absolute atomic E-state index is 12.2. The van der Waals surface area contributed by atoms with Gasteiger partial charge in [0, 0.05) is 0 Å². The van der Waals surface area contributed by atoms with E-state index in [1.165, 1.54) is 12.1 Å². The summed E-state index contributed by atoms with van der Waals surface area (Å²) in [5, 5.41) is 9.67. The zero-order valence-electron chi connectivity index (χ0n) is 8.04. The highest BCUT2D eigenvalue weighted by Crippen LogP contribution is 2.33. The number of thiol groups is 1. The van der Waals surface area contributed by atoms with E-state index in [2.05, 4.69) is 12.6 Å². The predicted molar refractivity (Wildman–Crippen MR) is 54.6 cm³/mol. The van der Waals surface area contributed by atoms with Crippen molar-refractivity contribution in [1.82, 2.24) is 0 Å². The Hall–Kier alpha value is -0.680. The van der Waals surface area contributed by atoms with Crippen LogP contribution in [0.4, 0.5) is 13.2 Å². The van der Waals surface area contributed by atoms with Gasteiger partial charge in [-0.05, 0) is 24.1 Å². The van der Waals surface area contributed by atoms with Gasteiger partial charge in [-0.2, -0.15) is 13.2 Å². The monoisotopic (exact) mass is 236 g/mol. The summed E-state index contributed by atoms with van der Waals surface area (Å²) in [4.78, 5) is -1.37. The lowest BCUT2D eigenvalue weighted by Gasteiger charge is -2.21. The Morgan fingerprint density at radius 3 is 1.87 bits per heavy atom. The van der Waals surface area contributed by atoms with Gasteiger partial charge in [-0.3, -0.25) is 0 Å². The smallest absolute Gasteiger partial charge is 0.376 e. The van der Waals surface area contributed by atoms with Crippen molar-refractivity contribution < 1.29 is 18.3 Å². The maximum atomic E-state index is 12.2. The molecular weight excluding hydrogens is 225 g/mol. The quantitative estimate of drug-likeness (QED) is 0.597. The van der Waals surface area contributed by atoms with Crippen molar-refractivity contribution in [3.05, 3.63) is 35.4 Å². The summed E-state index contributed by atoms with van der Waals surface area (Å²) in [7, 11) is 0. The molecule has 15 heavy (non-hydrogen) atoms. The molecule has 84 valence electrons. The van der Waals surface area contributed by atoms with Crippen molar-refractivity contribution in [2.24, 2.45) is 0 Å². The molecule has 0 aliphatic rings. The number of alkyl halides is 3. The lowest BCUT2D eigenvalue weighted by Crippen LogP contribution is -2.16. The predicted octanol–water partition coefficient (Wildman–Crippen LogP) is 3.19. The van der Waals surface area contributed by atoms with Crippen LogP contribution in [0.5, 0.6) is 0 Å². The second kappa shape index (κ2) is 4.06. The van der Waals surface area contributed by atoms with Crippen LogP contribution in [-0.2, 0) is 11.1 Å². The van der Waals surface area contributed by atoms with Crippen molar-refractivity contribution in [1.29, 1.82) is 0 Å². The first-order valence-corrected chi connectivity index (χ1v) is 4.84. The molecule has 0 saturated carbocycles. The first-order valence-electron chi connectivity index (χ1n) is 4.40. The van der Waals surface area contributed by atoms with Gasteiger partial charge in [-0.1, -0.05) is 19.1 Å². The molecular formula is C10H11F3OS. The fraction of sp³-hybridized carbons (Fsp3) is 0.400. The highest BCUT2D eigenvalue weighted by Gasteiger charge is 2.31. The lowest BCUT2D eigenvalue weighted by molar-refractivity contribution is -0.137. The summed E-state index contributed by atoms with van der Waals surface area (Å²) in [5.41, 5.74) is -0.368. The van der Waals surface area contributed by atoms with E-state index in [0.717, 1.165) is 12.1 Å². The highest BCUT2D eigenvalue weighted by atomic mass is 32.1. The first kappa shape index (κ1) is 12.4. The second-order valence-electron chi connectivity index (χ2n) is 3.25. The summed E-state index contributed by atoms with van der Waals surface area (Å²) in [6, 6.07) is 4.34. The molecule has 0 aromatic heterocycles. The van der Waals surface area contributed by atoms with Crippen LogP contribution in [0.2, 0.25) is 0 Å². The minimum atomic E-state index is -4.35. The Morgan fingerprint density at radius 2 is 1.53 bits per heavy atom. The van der Waals surface area contributed by atoms with Crippen LogP contribution in [0, 0.1) is 0 Å². The topological polar surface area (TPSA) is 20.2 Å². The van der Waals surface area contributed by atoms with Gasteiger partial charge in [0.25, 0.3) is 0 Å². The molecule has 0 spiro atoms. The minimum Gasteiger partial charge on any atom is -0.376 e. The SMILES string of the molecule is CCC(O)(S)c1ccc(C(F)(F)F)cc1. The van der Waals surface area contributed by atoms with E-state index in [9.17, 15) is 18.3 Å². The molecule has 0 radical (unpaired) electrons. The van der Waals surface area contributed by atoms with E-state index in [1.807, 2.05) is 0 Å². The van der Waals surface area contributed by atoms with E-state index < -0.39 is 16.7 Å². The number of aliphatic hydroxyl groups is 1. The summed E-state index contributed by atoms with van der Waals surface area (Å²) in [5.74, 6) is 0. The van der Waals surface area contributed by atoms with Gasteiger partial charge < -0.3 is 5.11 Å². The highest BCUT2D eigenvalue weighted by molar-refractivity contribution is 7.81. The molecule has 1 aromatic rings. The largest absolute Gasteiger partial charge is 0.416 e. The molecule has 0 fully saturated rings. The summed E-state index contributed by atoms with van der Waals surface area (Å²) >= 11 is 3.96. The zero-order chi connectivity index (χ0) is 11.7. The Bertz CT molecular complexity index is 330. The Kier molecular flexibility index (Phi) is 3.35. The number of rotatable bonds is 2. The molecule has 0 aliphatic carbocycles. The molecule has 0 saturated heterocycles. The molecule has 1 atom stereocenters. The average molecular weight is 236 g/mol. The molecule has 5 heteroatoms. The third kappa shape index (κ3) is 2.89. The van der Waals surface area contributed by atoms with E-state index in [1.54, 1.807) is 6.92 Å². The normalized spacial score (nSPS) is 16.1. The van der Waals surface area contributed by atoms with E-state index in [0.29, 0.717) is 12.0 Å². The van der Waals surface area contributed by atoms with Crippen LogP contribution >= 0.6 is 12.6 Å². The van der Waals surface area contributed by atoms with Gasteiger partial charge in [0.2, 0.25) is 0 Å². The minimum absolute atomic E-state index is 0.321. The fourth-order valence-electron chi connectivity index (χ4n) is 1.13. The molecule has 1 unspecified atom stereocenters. The average Bonchev–Trinajstić information content (AvgIpc) is 2.17. The molecule has 0 amide bonds. The van der Waals surface area contributed by atoms with E-state index >= 15 is 0 Å². The van der Waals surface area contributed by atoms with Crippen LogP contribution in [0.1, 0.15) is 24.5 Å². The van der Waals surface area contributed by atoms with Gasteiger partial charge in [0.1, 0.15) is 4.93 Å². The second-order valence-corrected chi connectivity index (χ2v) is 3.99. The van der Waals surface area contributed by atoms with Crippen molar-refractivity contribution >= 4 is 12.6 Å². The standard InChI is InChI=1S/C10H11F3OS/c1-2-9(14,15)7-3-5-8(6-4-7)10(11,12)13/h3-6,14-15H,2H2,1H3. The van der Waals surface area contributed by atoms with Gasteiger partial charge in [-0.25, -0.2) is 0 Å². The fourth-order valence-corrected chi connectivity index (χ4v) is 1.28. The van der Waals surface area contributed by atoms with Crippen molar-refractivity contribution in [3.63, 3.8) is 0 Å². The van der Waals surface area contributed by atoms with Crippen LogP contribution in [0.3, 0.4) is 0 Å². The molecule has 1 aromatic carbocycles. The molecule has 0 aliphatic heterocycles. The van der Waals surface area contributed by atoms with Gasteiger partial charge >= 0.3 is 6.18 Å². The van der Waals surface area contributed by atoms with Crippen LogP contribution in [0.15, 0.2) is 24.3 Å². The van der Waals surface area contributed by atoms with Crippen molar-refractivity contribution in [3.8, 4) is 0 Å². The Labute approximate surface area is 91.3 Å². The summed E-state index contributed by atoms with van der Waals surface area (Å²) in [6.45, 7) is 1.70. The van der Waals surface area contributed by atoms with E-state index in [-0.39, 0.29) is 0 Å². The number of hydrogen-bond donors (Lipinski definition) is 2. The number of benzene rings is 1. The lowest BCUT2D eigenvalue weighted by atomic mass is 10.0. The van der Waals surface area contributed by atoms with Gasteiger partial charge in [0.15, 0.2) is 0 Å². The maximum Gasteiger partial charge on any atom is 0.416 e. The molecule has 0 heterocycles. The van der Waals surface area contributed by atoms with Crippen LogP contribution in [-0.4, -0.2) is 5.11 Å². The molecule has 0 bridgehead atoms. The third-order valence-corrected chi connectivity index (χ3v) is 2.74. The van der Waals surface area contributed by atoms with Crippen LogP contribution < -0.4 is 0 Å². The zero-order valence-corrected chi connectivity index (χ0v) is 8.94. The Balaban J connectivity index is 3.01. The van der Waals surface area contributed by atoms with Crippen molar-refractivity contribution in [2.75, 3.05) is 0 Å². The third-order valence-electron chi connectivity index (χ3n) is 2.17. The van der Waals surface area contributed by atoms with E-state index in [4.69, 9.17) is 0 Å². The molecule has 1 rings (SSSR count). The van der Waals surface area contributed by atoms with Gasteiger partial charge in [0.05, 0.1) is 5.56 Å². The van der Waals surface area contributed by atoms with Gasteiger partial charge in [-0.15, -0.1) is 12.6 Å². The summed E-state index contributed by atoms with van der Waals surface area (Å²) in [6.07, 6.45) is -4.03. The summed E-state index contributed by atoms with van der Waals surface area (Å²) < 4.78 is 36.6. The Morgan fingerprint density at radius 1 is 1.13 bits per heavy atom. The first-order chi connectivity index (χ1) is 6.77. The number of hydrogen-bond acceptors (Lipinski definition) is 2. The van der Waals surface area contributed by atoms with Crippen LogP contribution in [0.25, 0.3) is 0 Å². The van der Waals surface area contributed by atoms with Crippen molar-refractivity contribution in [2.45, 2.75) is 24.5 Å². The molecule has 1 nitrogen and oxygen atoms in total.